The van der Waals surface area contributed by atoms with Crippen molar-refractivity contribution in [2.75, 3.05) is 6.54 Å². The topological polar surface area (TPSA) is 73.9 Å². The van der Waals surface area contributed by atoms with Crippen molar-refractivity contribution in [3.05, 3.63) is 11.8 Å². The molecule has 4 nitrogen and oxygen atoms in total. The maximum atomic E-state index is 7.21. The van der Waals surface area contributed by atoms with Gasteiger partial charge in [0.25, 0.3) is 0 Å². The molecule has 0 aromatic heterocycles. The first-order chi connectivity index (χ1) is 6.19. The van der Waals surface area contributed by atoms with Gasteiger partial charge in [-0.05, 0) is 13.8 Å². The molecule has 1 heterocycles. The molecule has 13 heavy (non-hydrogen) atoms. The van der Waals surface area contributed by atoms with Crippen molar-refractivity contribution >= 4 is 6.21 Å². The number of nitrogens with one attached hydrogen (secondary N) is 3. The summed E-state index contributed by atoms with van der Waals surface area (Å²) in [6.07, 6.45) is 2.81. The Morgan fingerprint density at radius 3 is 2.77 bits per heavy atom. The molecule has 0 spiro atoms. The molecule has 1 saturated heterocycles. The molecule has 0 amide bonds. The van der Waals surface area contributed by atoms with E-state index in [2.05, 4.69) is 24.5 Å². The van der Waals surface area contributed by atoms with E-state index in [1.807, 2.05) is 0 Å². The van der Waals surface area contributed by atoms with E-state index >= 15 is 0 Å². The molecule has 4 heteroatoms. The third kappa shape index (κ3) is 2.29. The van der Waals surface area contributed by atoms with E-state index in [0.717, 1.165) is 12.1 Å². The van der Waals surface area contributed by atoms with Crippen LogP contribution in [0.25, 0.3) is 0 Å². The molecule has 0 aromatic rings. The molecule has 3 atom stereocenters. The van der Waals surface area contributed by atoms with Gasteiger partial charge >= 0.3 is 0 Å². The summed E-state index contributed by atoms with van der Waals surface area (Å²) in [4.78, 5) is 0. The third-order valence-electron chi connectivity index (χ3n) is 2.43. The van der Waals surface area contributed by atoms with Crippen LogP contribution in [0.5, 0.6) is 0 Å². The SMILES string of the molecule is CC1CNC(C)C(/C(C=N)=C/N)N1. The van der Waals surface area contributed by atoms with E-state index in [9.17, 15) is 0 Å². The molecular weight excluding hydrogens is 164 g/mol. The van der Waals surface area contributed by atoms with Crippen LogP contribution >= 0.6 is 0 Å². The minimum atomic E-state index is 0.159. The quantitative estimate of drug-likeness (QED) is 0.447. The van der Waals surface area contributed by atoms with E-state index in [-0.39, 0.29) is 6.04 Å². The van der Waals surface area contributed by atoms with Crippen LogP contribution in [-0.2, 0) is 0 Å². The number of piperazine rings is 1. The summed E-state index contributed by atoms with van der Waals surface area (Å²) in [5.74, 6) is 0. The zero-order chi connectivity index (χ0) is 9.84. The van der Waals surface area contributed by atoms with Crippen molar-refractivity contribution in [3.8, 4) is 0 Å². The van der Waals surface area contributed by atoms with Crippen LogP contribution in [0.2, 0.25) is 0 Å². The lowest BCUT2D eigenvalue weighted by Gasteiger charge is -2.35. The van der Waals surface area contributed by atoms with Crippen molar-refractivity contribution in [3.63, 3.8) is 0 Å². The predicted molar refractivity (Wildman–Crippen MR) is 54.9 cm³/mol. The first kappa shape index (κ1) is 10.2. The van der Waals surface area contributed by atoms with Crippen molar-refractivity contribution in [2.24, 2.45) is 5.73 Å². The lowest BCUT2D eigenvalue weighted by molar-refractivity contribution is 0.322. The number of hydrogen-bond donors (Lipinski definition) is 4. The zero-order valence-corrected chi connectivity index (χ0v) is 8.17. The molecule has 0 bridgehead atoms. The van der Waals surface area contributed by atoms with Crippen LogP contribution < -0.4 is 16.4 Å². The molecule has 1 rings (SSSR count). The molecule has 74 valence electrons. The maximum absolute atomic E-state index is 7.21. The normalized spacial score (nSPS) is 35.8. The first-order valence-electron chi connectivity index (χ1n) is 4.60. The minimum absolute atomic E-state index is 0.159. The van der Waals surface area contributed by atoms with Gasteiger partial charge in [0.2, 0.25) is 0 Å². The van der Waals surface area contributed by atoms with Crippen LogP contribution in [0.15, 0.2) is 11.8 Å². The van der Waals surface area contributed by atoms with Crippen molar-refractivity contribution in [2.45, 2.75) is 32.0 Å². The number of hydrogen-bond acceptors (Lipinski definition) is 4. The average Bonchev–Trinajstić information content (AvgIpc) is 2.13. The summed E-state index contributed by atoms with van der Waals surface area (Å²) in [7, 11) is 0. The molecule has 0 saturated carbocycles. The summed E-state index contributed by atoms with van der Waals surface area (Å²) in [6, 6.07) is 0.912. The maximum Gasteiger partial charge on any atom is 0.0505 e. The summed E-state index contributed by atoms with van der Waals surface area (Å²) in [6.45, 7) is 5.17. The summed E-state index contributed by atoms with van der Waals surface area (Å²) in [5.41, 5.74) is 6.28. The Balaban J connectivity index is 2.70. The largest absolute Gasteiger partial charge is 0.404 e. The lowest BCUT2D eigenvalue weighted by atomic mass is 9.98. The first-order valence-corrected chi connectivity index (χ1v) is 4.60. The van der Waals surface area contributed by atoms with Gasteiger partial charge < -0.3 is 21.8 Å². The molecule has 1 aliphatic heterocycles. The van der Waals surface area contributed by atoms with Gasteiger partial charge in [0, 0.05) is 36.6 Å². The lowest BCUT2D eigenvalue weighted by Crippen LogP contribution is -2.59. The highest BCUT2D eigenvalue weighted by molar-refractivity contribution is 5.77. The van der Waals surface area contributed by atoms with Gasteiger partial charge in [-0.25, -0.2) is 0 Å². The molecule has 0 radical (unpaired) electrons. The average molecular weight is 182 g/mol. The highest BCUT2D eigenvalue weighted by Gasteiger charge is 2.25. The Hall–Kier alpha value is -0.870. The van der Waals surface area contributed by atoms with Crippen LogP contribution in [0.1, 0.15) is 13.8 Å². The van der Waals surface area contributed by atoms with Crippen LogP contribution in [0.3, 0.4) is 0 Å². The number of nitrogens with two attached hydrogens (primary N) is 1. The molecule has 0 aromatic carbocycles. The zero-order valence-electron chi connectivity index (χ0n) is 8.17. The van der Waals surface area contributed by atoms with Crippen LogP contribution in [-0.4, -0.2) is 30.9 Å². The minimum Gasteiger partial charge on any atom is -0.404 e. The Labute approximate surface area is 79.1 Å². The van der Waals surface area contributed by atoms with Gasteiger partial charge in [0.15, 0.2) is 0 Å². The van der Waals surface area contributed by atoms with Crippen molar-refractivity contribution < 1.29 is 0 Å². The highest BCUT2D eigenvalue weighted by atomic mass is 15.1. The van der Waals surface area contributed by atoms with Crippen molar-refractivity contribution in [1.29, 1.82) is 5.41 Å². The Bertz CT molecular complexity index is 212. The Morgan fingerprint density at radius 1 is 1.54 bits per heavy atom. The summed E-state index contributed by atoms with van der Waals surface area (Å²) < 4.78 is 0. The van der Waals surface area contributed by atoms with E-state index in [1.165, 1.54) is 12.4 Å². The molecule has 0 aliphatic carbocycles. The molecular formula is C9H18N4. The van der Waals surface area contributed by atoms with E-state index < -0.39 is 0 Å². The molecule has 3 unspecified atom stereocenters. The molecule has 1 fully saturated rings. The van der Waals surface area contributed by atoms with Crippen LogP contribution in [0.4, 0.5) is 0 Å². The highest BCUT2D eigenvalue weighted by Crippen LogP contribution is 2.08. The Morgan fingerprint density at radius 2 is 2.23 bits per heavy atom. The van der Waals surface area contributed by atoms with Crippen LogP contribution in [0, 0.1) is 5.41 Å². The molecule has 1 aliphatic rings. The van der Waals surface area contributed by atoms with E-state index in [4.69, 9.17) is 11.1 Å². The standard InChI is InChI=1S/C9H18N4/c1-6-5-12-7(2)9(13-6)8(3-10)4-11/h3-4,6-7,9-10,12-13H,5,11H2,1-2H3/b8-4+,10-3?. The second-order valence-corrected chi connectivity index (χ2v) is 3.55. The van der Waals surface area contributed by atoms with E-state index in [0.29, 0.717) is 12.1 Å². The summed E-state index contributed by atoms with van der Waals surface area (Å²) in [5, 5.41) is 14.0. The second kappa shape index (κ2) is 4.39. The fraction of sp³-hybridized carbons (Fsp3) is 0.667. The van der Waals surface area contributed by atoms with Gasteiger partial charge in [-0.15, -0.1) is 0 Å². The van der Waals surface area contributed by atoms with Gasteiger partial charge in [-0.2, -0.15) is 0 Å². The molecule has 5 N–H and O–H groups in total. The summed E-state index contributed by atoms with van der Waals surface area (Å²) >= 11 is 0. The van der Waals surface area contributed by atoms with Crippen molar-refractivity contribution in [1.82, 2.24) is 10.6 Å². The smallest absolute Gasteiger partial charge is 0.0505 e. The fourth-order valence-corrected chi connectivity index (χ4v) is 1.62. The monoisotopic (exact) mass is 182 g/mol. The number of rotatable bonds is 2. The van der Waals surface area contributed by atoms with Gasteiger partial charge in [0.05, 0.1) is 6.04 Å². The Kier molecular flexibility index (Phi) is 3.45. The van der Waals surface area contributed by atoms with Gasteiger partial charge in [0.1, 0.15) is 0 Å². The predicted octanol–water partition coefficient (Wildman–Crippen LogP) is -0.183. The fourth-order valence-electron chi connectivity index (χ4n) is 1.62. The third-order valence-corrected chi connectivity index (χ3v) is 2.43. The van der Waals surface area contributed by atoms with Gasteiger partial charge in [-0.1, -0.05) is 0 Å². The second-order valence-electron chi connectivity index (χ2n) is 3.55. The van der Waals surface area contributed by atoms with Gasteiger partial charge in [-0.3, -0.25) is 0 Å². The van der Waals surface area contributed by atoms with E-state index in [1.54, 1.807) is 0 Å².